The largest absolute Gasteiger partial charge is 0.493 e. The first-order valence-electron chi connectivity index (χ1n) is 8.22. The van der Waals surface area contributed by atoms with Gasteiger partial charge in [0.15, 0.2) is 11.5 Å². The average molecular weight is 425 g/mol. The fourth-order valence-electron chi connectivity index (χ4n) is 2.56. The van der Waals surface area contributed by atoms with Crippen LogP contribution in [0.2, 0.25) is 5.02 Å². The highest BCUT2D eigenvalue weighted by atomic mass is 35.5. The van der Waals surface area contributed by atoms with Crippen molar-refractivity contribution in [2.75, 3.05) is 21.3 Å². The van der Waals surface area contributed by atoms with Crippen LogP contribution in [0.5, 0.6) is 17.2 Å². The van der Waals surface area contributed by atoms with Crippen molar-refractivity contribution in [2.24, 2.45) is 0 Å². The van der Waals surface area contributed by atoms with E-state index in [-0.39, 0.29) is 10.3 Å². The Balaban J connectivity index is 1.84. The summed E-state index contributed by atoms with van der Waals surface area (Å²) in [5.41, 5.74) is 1.48. The maximum atomic E-state index is 13.3. The Morgan fingerprint density at radius 1 is 1.04 bits per heavy atom. The molecule has 28 heavy (non-hydrogen) atoms. The summed E-state index contributed by atoms with van der Waals surface area (Å²) in [6, 6.07) is 8.06. The molecule has 2 aromatic carbocycles. The third kappa shape index (κ3) is 4.18. The maximum absolute atomic E-state index is 13.3. The molecule has 0 bridgehead atoms. The van der Waals surface area contributed by atoms with Crippen LogP contribution in [0.15, 0.2) is 40.0 Å². The van der Waals surface area contributed by atoms with Gasteiger partial charge in [0.2, 0.25) is 11.6 Å². The molecule has 0 radical (unpaired) electrons. The van der Waals surface area contributed by atoms with Gasteiger partial charge in [0.1, 0.15) is 5.82 Å². The van der Waals surface area contributed by atoms with Gasteiger partial charge in [0, 0.05) is 10.8 Å². The molecule has 1 aromatic heterocycles. The number of nitrogens with zero attached hydrogens (tertiary/aromatic N) is 2. The molecule has 148 valence electrons. The molecule has 0 fully saturated rings. The lowest BCUT2D eigenvalue weighted by molar-refractivity contribution is 0.324. The van der Waals surface area contributed by atoms with Gasteiger partial charge < -0.3 is 18.6 Å². The zero-order valence-electron chi connectivity index (χ0n) is 15.7. The van der Waals surface area contributed by atoms with Gasteiger partial charge in [-0.15, -0.1) is 10.2 Å². The molecule has 0 saturated heterocycles. The normalized spacial score (nSPS) is 11.9. The molecule has 6 nitrogen and oxygen atoms in total. The van der Waals surface area contributed by atoms with Gasteiger partial charge in [-0.05, 0) is 36.8 Å². The van der Waals surface area contributed by atoms with Crippen LogP contribution in [-0.2, 0) is 0 Å². The molecule has 0 saturated carbocycles. The predicted molar refractivity (Wildman–Crippen MR) is 105 cm³/mol. The fraction of sp³-hybridized carbons (Fsp3) is 0.263. The molecule has 0 aliphatic heterocycles. The number of methoxy groups -OCH3 is 3. The van der Waals surface area contributed by atoms with Gasteiger partial charge in [-0.1, -0.05) is 29.4 Å². The second-order valence-corrected chi connectivity index (χ2v) is 7.42. The molecular formula is C19H18ClFN2O4S. The molecule has 1 atom stereocenters. The van der Waals surface area contributed by atoms with Crippen molar-refractivity contribution in [3.05, 3.63) is 46.7 Å². The number of benzene rings is 2. The van der Waals surface area contributed by atoms with E-state index in [4.69, 9.17) is 30.2 Å². The molecule has 0 aliphatic carbocycles. The molecule has 1 unspecified atom stereocenters. The van der Waals surface area contributed by atoms with Crippen molar-refractivity contribution in [3.8, 4) is 28.7 Å². The molecule has 1 heterocycles. The van der Waals surface area contributed by atoms with E-state index in [0.29, 0.717) is 33.9 Å². The Bertz CT molecular complexity index is 957. The summed E-state index contributed by atoms with van der Waals surface area (Å²) < 4.78 is 35.1. The lowest BCUT2D eigenvalue weighted by atomic mass is 10.2. The van der Waals surface area contributed by atoms with Gasteiger partial charge in [-0.2, -0.15) is 0 Å². The van der Waals surface area contributed by atoms with E-state index in [1.165, 1.54) is 39.2 Å². The van der Waals surface area contributed by atoms with Crippen molar-refractivity contribution >= 4 is 23.4 Å². The van der Waals surface area contributed by atoms with Crippen molar-refractivity contribution < 1.29 is 23.0 Å². The second kappa shape index (κ2) is 8.70. The Labute approximate surface area is 171 Å². The lowest BCUT2D eigenvalue weighted by Gasteiger charge is -2.12. The molecule has 0 spiro atoms. The molecule has 0 N–H and O–H groups in total. The SMILES string of the molecule is COc1cc(-c2nnc(SC(C)c3ccc(F)c(Cl)c3)o2)cc(OC)c1OC. The van der Waals surface area contributed by atoms with Gasteiger partial charge in [-0.25, -0.2) is 4.39 Å². The number of halogens is 2. The Morgan fingerprint density at radius 2 is 1.71 bits per heavy atom. The summed E-state index contributed by atoms with van der Waals surface area (Å²) in [6.45, 7) is 1.94. The predicted octanol–water partition coefficient (Wildman–Crippen LogP) is 5.41. The van der Waals surface area contributed by atoms with Gasteiger partial charge in [0.25, 0.3) is 5.22 Å². The van der Waals surface area contributed by atoms with Crippen LogP contribution in [0.25, 0.3) is 11.5 Å². The van der Waals surface area contributed by atoms with Crippen molar-refractivity contribution in [1.29, 1.82) is 0 Å². The minimum absolute atomic E-state index is 0.0636. The van der Waals surface area contributed by atoms with Crippen LogP contribution in [0, 0.1) is 5.82 Å². The Hall–Kier alpha value is -2.45. The van der Waals surface area contributed by atoms with E-state index in [1.54, 1.807) is 24.3 Å². The highest BCUT2D eigenvalue weighted by molar-refractivity contribution is 7.99. The maximum Gasteiger partial charge on any atom is 0.277 e. The summed E-state index contributed by atoms with van der Waals surface area (Å²) in [5.74, 6) is 1.30. The zero-order valence-corrected chi connectivity index (χ0v) is 17.2. The molecular weight excluding hydrogens is 407 g/mol. The molecule has 3 rings (SSSR count). The molecule has 0 amide bonds. The smallest absolute Gasteiger partial charge is 0.277 e. The van der Waals surface area contributed by atoms with Gasteiger partial charge >= 0.3 is 0 Å². The molecule has 9 heteroatoms. The van der Waals surface area contributed by atoms with Crippen LogP contribution in [0.3, 0.4) is 0 Å². The van der Waals surface area contributed by atoms with Crippen molar-refractivity contribution in [1.82, 2.24) is 10.2 Å². The number of ether oxygens (including phenoxy) is 3. The first-order valence-corrected chi connectivity index (χ1v) is 9.48. The van der Waals surface area contributed by atoms with Crippen LogP contribution in [0.4, 0.5) is 4.39 Å². The summed E-state index contributed by atoms with van der Waals surface area (Å²) in [7, 11) is 4.60. The van der Waals surface area contributed by atoms with Crippen molar-refractivity contribution in [3.63, 3.8) is 0 Å². The summed E-state index contributed by atoms with van der Waals surface area (Å²) in [6.07, 6.45) is 0. The fourth-order valence-corrected chi connectivity index (χ4v) is 3.55. The first kappa shape index (κ1) is 20.3. The summed E-state index contributed by atoms with van der Waals surface area (Å²) >= 11 is 7.20. The number of aromatic nitrogens is 2. The number of thioether (sulfide) groups is 1. The van der Waals surface area contributed by atoms with E-state index in [0.717, 1.165) is 5.56 Å². The molecule has 0 aliphatic rings. The van der Waals surface area contributed by atoms with Crippen LogP contribution in [-0.4, -0.2) is 31.5 Å². The van der Waals surface area contributed by atoms with Gasteiger partial charge in [-0.3, -0.25) is 0 Å². The number of hydrogen-bond acceptors (Lipinski definition) is 7. The quantitative estimate of drug-likeness (QED) is 0.470. The monoisotopic (exact) mass is 424 g/mol. The highest BCUT2D eigenvalue weighted by Gasteiger charge is 2.19. The van der Waals surface area contributed by atoms with E-state index < -0.39 is 5.82 Å². The van der Waals surface area contributed by atoms with Crippen LogP contribution >= 0.6 is 23.4 Å². The third-order valence-corrected chi connectivity index (χ3v) is 5.29. The minimum Gasteiger partial charge on any atom is -0.493 e. The van der Waals surface area contributed by atoms with E-state index >= 15 is 0 Å². The zero-order chi connectivity index (χ0) is 20.3. The molecule has 3 aromatic rings. The van der Waals surface area contributed by atoms with Crippen LogP contribution < -0.4 is 14.2 Å². The Morgan fingerprint density at radius 3 is 2.29 bits per heavy atom. The lowest BCUT2D eigenvalue weighted by Crippen LogP contribution is -1.95. The summed E-state index contributed by atoms with van der Waals surface area (Å²) in [4.78, 5) is 0. The average Bonchev–Trinajstić information content (AvgIpc) is 3.17. The first-order chi connectivity index (χ1) is 13.5. The van der Waals surface area contributed by atoms with E-state index in [9.17, 15) is 4.39 Å². The van der Waals surface area contributed by atoms with E-state index in [1.807, 2.05) is 6.92 Å². The number of hydrogen-bond donors (Lipinski definition) is 0. The van der Waals surface area contributed by atoms with Gasteiger partial charge in [0.05, 0.1) is 26.4 Å². The minimum atomic E-state index is -0.454. The second-order valence-electron chi connectivity index (χ2n) is 5.72. The van der Waals surface area contributed by atoms with Crippen LogP contribution in [0.1, 0.15) is 17.7 Å². The standard InChI is InChI=1S/C19H18ClFN2O4S/c1-10(11-5-6-14(21)13(20)7-11)28-19-23-22-18(27-19)12-8-15(24-2)17(26-4)16(9-12)25-3/h5-10H,1-4H3. The summed E-state index contributed by atoms with van der Waals surface area (Å²) in [5, 5.41) is 8.56. The van der Waals surface area contributed by atoms with E-state index in [2.05, 4.69) is 10.2 Å². The topological polar surface area (TPSA) is 66.6 Å². The number of rotatable bonds is 7. The Kier molecular flexibility index (Phi) is 6.31. The third-order valence-electron chi connectivity index (χ3n) is 4.01. The van der Waals surface area contributed by atoms with Crippen molar-refractivity contribution in [2.45, 2.75) is 17.4 Å². The highest BCUT2D eigenvalue weighted by Crippen LogP contribution is 2.42.